The number of esters is 1. The van der Waals surface area contributed by atoms with Crippen molar-refractivity contribution in [3.63, 3.8) is 0 Å². The second-order valence-corrected chi connectivity index (χ2v) is 7.98. The third-order valence-corrected chi connectivity index (χ3v) is 3.46. The van der Waals surface area contributed by atoms with Crippen LogP contribution in [0.1, 0.15) is 25.3 Å². The highest BCUT2D eigenvalue weighted by molar-refractivity contribution is 7.92. The molecule has 0 N–H and O–H groups in total. The summed E-state index contributed by atoms with van der Waals surface area (Å²) in [6.07, 6.45) is 8.57. The molecule has 0 atom stereocenters. The second-order valence-electron chi connectivity index (χ2n) is 5.43. The van der Waals surface area contributed by atoms with Gasteiger partial charge in [-0.1, -0.05) is 43.7 Å². The van der Waals surface area contributed by atoms with E-state index in [1.54, 1.807) is 12.1 Å². The minimum Gasteiger partial charge on any atom is -0.463 e. The Labute approximate surface area is 143 Å². The van der Waals surface area contributed by atoms with Gasteiger partial charge in [0.1, 0.15) is 0 Å². The molecule has 24 heavy (non-hydrogen) atoms. The molecule has 130 valence electrons. The number of carbonyl (C=O) groups excluding carboxylic acids is 2. The lowest BCUT2D eigenvalue weighted by Gasteiger charge is -2.03. The Hall–Kier alpha value is -2.21. The van der Waals surface area contributed by atoms with Crippen LogP contribution in [-0.4, -0.2) is 35.2 Å². The first-order valence-electron chi connectivity index (χ1n) is 7.65. The number of allylic oxidation sites excluding steroid dienone is 2. The monoisotopic (exact) mass is 349 g/mol. The standard InChI is InChI=1S/C18H23NO4S/c1-4-5-13-23-18(21)12-11-16(15-9-7-6-8-10-15)14-17(20)19-24(2,3)22/h6-12,14H,4-5,13H2,1-3H3/b12-11+,16-14+. The molecule has 0 aliphatic heterocycles. The summed E-state index contributed by atoms with van der Waals surface area (Å²) in [5, 5.41) is 0. The van der Waals surface area contributed by atoms with Gasteiger partial charge >= 0.3 is 5.97 Å². The topological polar surface area (TPSA) is 72.8 Å². The van der Waals surface area contributed by atoms with Crippen LogP contribution in [0.25, 0.3) is 5.57 Å². The van der Waals surface area contributed by atoms with Gasteiger partial charge in [-0.25, -0.2) is 9.00 Å². The van der Waals surface area contributed by atoms with Gasteiger partial charge in [-0.2, -0.15) is 4.36 Å². The maximum atomic E-state index is 11.9. The van der Waals surface area contributed by atoms with Gasteiger partial charge in [0.15, 0.2) is 0 Å². The van der Waals surface area contributed by atoms with Crippen LogP contribution in [0.2, 0.25) is 0 Å². The highest BCUT2D eigenvalue weighted by Gasteiger charge is 2.04. The highest BCUT2D eigenvalue weighted by Crippen LogP contribution is 2.16. The summed E-state index contributed by atoms with van der Waals surface area (Å²) in [5.41, 5.74) is 1.25. The minimum atomic E-state index is -2.53. The molecule has 1 aromatic rings. The first-order valence-corrected chi connectivity index (χ1v) is 9.98. The van der Waals surface area contributed by atoms with Crippen molar-refractivity contribution in [2.75, 3.05) is 19.1 Å². The fourth-order valence-electron chi connectivity index (χ4n) is 1.76. The number of ether oxygens (including phenoxy) is 1. The average molecular weight is 349 g/mol. The fraction of sp³-hybridized carbons (Fsp3) is 0.333. The third-order valence-electron chi connectivity index (χ3n) is 2.84. The normalized spacial score (nSPS) is 12.2. The number of unbranched alkanes of at least 4 members (excludes halogenated alkanes) is 1. The van der Waals surface area contributed by atoms with Crippen LogP contribution < -0.4 is 0 Å². The second kappa shape index (κ2) is 9.82. The third kappa shape index (κ3) is 8.43. The Kier molecular flexibility index (Phi) is 8.12. The smallest absolute Gasteiger partial charge is 0.330 e. The van der Waals surface area contributed by atoms with Crippen molar-refractivity contribution in [1.29, 1.82) is 0 Å². The molecule has 0 bridgehead atoms. The fourth-order valence-corrected chi connectivity index (χ4v) is 2.24. The summed E-state index contributed by atoms with van der Waals surface area (Å²) in [5.74, 6) is -1.07. The number of hydrogen-bond acceptors (Lipinski definition) is 4. The lowest BCUT2D eigenvalue weighted by atomic mass is 10.1. The molecule has 0 radical (unpaired) electrons. The molecule has 0 heterocycles. The molecule has 5 nitrogen and oxygen atoms in total. The van der Waals surface area contributed by atoms with Crippen LogP contribution in [0.5, 0.6) is 0 Å². The molecular formula is C18H23NO4S. The Morgan fingerprint density at radius 1 is 1.17 bits per heavy atom. The summed E-state index contributed by atoms with van der Waals surface area (Å²) < 4.78 is 20.3. The largest absolute Gasteiger partial charge is 0.463 e. The molecular weight excluding hydrogens is 326 g/mol. The summed E-state index contributed by atoms with van der Waals surface area (Å²) in [7, 11) is -2.53. The van der Waals surface area contributed by atoms with Gasteiger partial charge in [-0.05, 0) is 23.6 Å². The van der Waals surface area contributed by atoms with E-state index in [1.807, 2.05) is 25.1 Å². The molecule has 0 saturated heterocycles. The van der Waals surface area contributed by atoms with E-state index in [4.69, 9.17) is 4.74 Å². The first kappa shape index (κ1) is 19.8. The number of amides is 1. The summed E-state index contributed by atoms with van der Waals surface area (Å²) in [6.45, 7) is 2.38. The molecule has 0 unspecified atom stereocenters. The zero-order chi connectivity index (χ0) is 18.0. The van der Waals surface area contributed by atoms with Gasteiger partial charge in [0.2, 0.25) is 0 Å². The zero-order valence-corrected chi connectivity index (χ0v) is 15.0. The number of rotatable bonds is 7. The van der Waals surface area contributed by atoms with Crippen LogP contribution >= 0.6 is 0 Å². The maximum absolute atomic E-state index is 11.9. The van der Waals surface area contributed by atoms with E-state index < -0.39 is 21.6 Å². The van der Waals surface area contributed by atoms with E-state index in [-0.39, 0.29) is 0 Å². The number of carbonyl (C=O) groups is 2. The van der Waals surface area contributed by atoms with Gasteiger partial charge in [0.25, 0.3) is 5.91 Å². The van der Waals surface area contributed by atoms with Crippen molar-refractivity contribution in [3.05, 3.63) is 54.1 Å². The van der Waals surface area contributed by atoms with E-state index in [2.05, 4.69) is 4.36 Å². The summed E-state index contributed by atoms with van der Waals surface area (Å²) in [4.78, 5) is 23.6. The molecule has 1 aromatic carbocycles. The van der Waals surface area contributed by atoms with Crippen molar-refractivity contribution in [1.82, 2.24) is 0 Å². The zero-order valence-electron chi connectivity index (χ0n) is 14.2. The van der Waals surface area contributed by atoms with E-state index in [0.29, 0.717) is 12.2 Å². The summed E-state index contributed by atoms with van der Waals surface area (Å²) in [6, 6.07) is 9.10. The predicted molar refractivity (Wildman–Crippen MR) is 96.9 cm³/mol. The molecule has 0 fully saturated rings. The van der Waals surface area contributed by atoms with Crippen molar-refractivity contribution in [3.8, 4) is 0 Å². The molecule has 0 spiro atoms. The van der Waals surface area contributed by atoms with Crippen molar-refractivity contribution >= 4 is 27.2 Å². The quantitative estimate of drug-likeness (QED) is 0.328. The number of hydrogen-bond donors (Lipinski definition) is 0. The van der Waals surface area contributed by atoms with Crippen molar-refractivity contribution in [2.24, 2.45) is 4.36 Å². The predicted octanol–water partition coefficient (Wildman–Crippen LogP) is 3.22. The lowest BCUT2D eigenvalue weighted by molar-refractivity contribution is -0.137. The molecule has 1 rings (SSSR count). The van der Waals surface area contributed by atoms with E-state index in [9.17, 15) is 13.8 Å². The molecule has 1 amide bonds. The van der Waals surface area contributed by atoms with Gasteiger partial charge < -0.3 is 4.74 Å². The molecule has 6 heteroatoms. The molecule has 0 aromatic heterocycles. The first-order chi connectivity index (χ1) is 11.3. The van der Waals surface area contributed by atoms with Crippen LogP contribution in [0.15, 0.2) is 52.9 Å². The van der Waals surface area contributed by atoms with Gasteiger partial charge in [0.05, 0.1) is 6.61 Å². The maximum Gasteiger partial charge on any atom is 0.330 e. The SMILES string of the molecule is CCCCOC(=O)/C=C/C(=C\C(=O)N=S(C)(C)=O)c1ccccc1. The lowest BCUT2D eigenvalue weighted by Crippen LogP contribution is -2.02. The number of nitrogens with zero attached hydrogens (tertiary/aromatic N) is 1. The van der Waals surface area contributed by atoms with Gasteiger partial charge in [-0.3, -0.25) is 4.79 Å². The van der Waals surface area contributed by atoms with Crippen LogP contribution in [-0.2, 0) is 24.1 Å². The Balaban J connectivity index is 3.02. The van der Waals surface area contributed by atoms with E-state index in [1.165, 1.54) is 30.7 Å². The van der Waals surface area contributed by atoms with E-state index in [0.717, 1.165) is 18.4 Å². The Morgan fingerprint density at radius 3 is 2.42 bits per heavy atom. The Bertz CT molecular complexity index is 734. The van der Waals surface area contributed by atoms with E-state index >= 15 is 0 Å². The molecule has 0 aliphatic rings. The van der Waals surface area contributed by atoms with Crippen LogP contribution in [0.3, 0.4) is 0 Å². The van der Waals surface area contributed by atoms with Gasteiger partial charge in [-0.15, -0.1) is 0 Å². The molecule has 0 saturated carbocycles. The number of benzene rings is 1. The highest BCUT2D eigenvalue weighted by atomic mass is 32.2. The van der Waals surface area contributed by atoms with Gasteiger partial charge in [0, 0.05) is 34.4 Å². The summed E-state index contributed by atoms with van der Waals surface area (Å²) >= 11 is 0. The van der Waals surface area contributed by atoms with Crippen LogP contribution in [0, 0.1) is 0 Å². The Morgan fingerprint density at radius 2 is 1.83 bits per heavy atom. The van der Waals surface area contributed by atoms with Crippen molar-refractivity contribution < 1.29 is 18.5 Å². The molecule has 0 aliphatic carbocycles. The average Bonchev–Trinajstić information content (AvgIpc) is 2.50. The van der Waals surface area contributed by atoms with Crippen molar-refractivity contribution in [2.45, 2.75) is 19.8 Å². The minimum absolute atomic E-state index is 0.367. The van der Waals surface area contributed by atoms with Crippen LogP contribution in [0.4, 0.5) is 0 Å².